The van der Waals surface area contributed by atoms with Crippen molar-refractivity contribution < 1.29 is 0 Å². The van der Waals surface area contributed by atoms with Crippen molar-refractivity contribution in [3.05, 3.63) is 357 Å². The predicted octanol–water partition coefficient (Wildman–Crippen LogP) is 23.8. The first-order valence-electron chi connectivity index (χ1n) is 34.5. The lowest BCUT2D eigenvalue weighted by atomic mass is 9.89. The van der Waals surface area contributed by atoms with Gasteiger partial charge in [0.2, 0.25) is 0 Å². The number of rotatable bonds is 11. The van der Waals surface area contributed by atoms with Gasteiger partial charge in [0.25, 0.3) is 0 Å². The second kappa shape index (κ2) is 23.6. The molecule has 0 radical (unpaired) electrons. The molecule has 0 aliphatic heterocycles. The molecule has 0 amide bonds. The van der Waals surface area contributed by atoms with Crippen LogP contribution in [0.2, 0.25) is 0 Å². The van der Waals surface area contributed by atoms with E-state index >= 15 is 0 Å². The van der Waals surface area contributed by atoms with Crippen LogP contribution in [0.3, 0.4) is 0 Å². The first-order valence-corrected chi connectivity index (χ1v) is 34.5. The molecule has 15 aromatic carbocycles. The fraction of sp³-hybridized carbons (Fsp3) is 0. The molecule has 20 rings (SSSR count). The first-order chi connectivity index (χ1) is 50.5. The number of benzene rings is 15. The molecular formula is C94H58N8. The van der Waals surface area contributed by atoms with Gasteiger partial charge in [0.05, 0.1) is 55.8 Å². The summed E-state index contributed by atoms with van der Waals surface area (Å²) in [6, 6.07) is 128. The van der Waals surface area contributed by atoms with Crippen LogP contribution in [0.5, 0.6) is 0 Å². The van der Waals surface area contributed by atoms with E-state index in [1.54, 1.807) is 0 Å². The van der Waals surface area contributed by atoms with Gasteiger partial charge in [-0.1, -0.05) is 231 Å². The highest BCUT2D eigenvalue weighted by atomic mass is 15.0. The minimum Gasteiger partial charge on any atom is -0.309 e. The van der Waals surface area contributed by atoms with Crippen LogP contribution in [0.4, 0.5) is 0 Å². The van der Waals surface area contributed by atoms with Crippen molar-refractivity contribution in [1.29, 1.82) is 5.26 Å². The standard InChI is InChI=1S/C94H58N8/c95-59-68-57-79(62-39-49-71(50-40-62)101-88-33-17-11-27-77(88)82-55-66(43-53-90(82)101)60-35-45-69(46-36-60)99-84-29-13-7-23-73(84)74-24-8-14-30-85(74)99)80(58-81(68)94-97-92(64-19-3-1-4-20-64)96-93(98-94)65-21-5-2-6-22-65)63-41-51-72(52-42-63)102-89-34-18-12-28-78(89)83-56-67(44-54-91(83)102)61-37-47-70(48-38-61)100-86-31-15-9-25-75(86)76-26-10-16-32-87(76)100/h1-58H. The van der Waals surface area contributed by atoms with Crippen LogP contribution in [-0.2, 0) is 0 Å². The van der Waals surface area contributed by atoms with E-state index in [4.69, 9.17) is 15.0 Å². The topological polar surface area (TPSA) is 82.2 Å². The minimum atomic E-state index is 0.411. The lowest BCUT2D eigenvalue weighted by Crippen LogP contribution is -2.02. The zero-order valence-corrected chi connectivity index (χ0v) is 55.1. The maximum absolute atomic E-state index is 11.3. The Kier molecular flexibility index (Phi) is 13.5. The quantitative estimate of drug-likeness (QED) is 0.129. The van der Waals surface area contributed by atoms with Gasteiger partial charge in [-0.05, 0) is 166 Å². The van der Waals surface area contributed by atoms with Crippen LogP contribution in [0, 0.1) is 11.3 Å². The lowest BCUT2D eigenvalue weighted by molar-refractivity contribution is 1.07. The smallest absolute Gasteiger partial charge is 0.165 e. The Hall–Kier alpha value is -14.0. The van der Waals surface area contributed by atoms with Crippen molar-refractivity contribution in [2.24, 2.45) is 0 Å². The fourth-order valence-electron chi connectivity index (χ4n) is 15.7. The second-order valence-electron chi connectivity index (χ2n) is 26.2. The van der Waals surface area contributed by atoms with Crippen LogP contribution < -0.4 is 0 Å². The lowest BCUT2D eigenvalue weighted by Gasteiger charge is -2.17. The van der Waals surface area contributed by atoms with E-state index in [9.17, 15) is 5.26 Å². The molecule has 0 unspecified atom stereocenters. The number of fused-ring (bicyclic) bond motifs is 12. The highest BCUT2D eigenvalue weighted by Crippen LogP contribution is 2.43. The number of nitriles is 1. The molecule has 8 nitrogen and oxygen atoms in total. The largest absolute Gasteiger partial charge is 0.309 e. The molecular weight excluding hydrogens is 1240 g/mol. The molecule has 0 N–H and O–H groups in total. The summed E-state index contributed by atoms with van der Waals surface area (Å²) in [6.07, 6.45) is 0. The Balaban J connectivity index is 0.683. The van der Waals surface area contributed by atoms with Crippen molar-refractivity contribution in [3.8, 4) is 107 Å². The van der Waals surface area contributed by atoms with Crippen LogP contribution in [0.25, 0.3) is 189 Å². The van der Waals surface area contributed by atoms with E-state index in [2.05, 4.69) is 309 Å². The zero-order chi connectivity index (χ0) is 67.4. The molecule has 102 heavy (non-hydrogen) atoms. The molecule has 0 spiro atoms. The number of hydrogen-bond acceptors (Lipinski definition) is 4. The normalized spacial score (nSPS) is 11.7. The molecule has 474 valence electrons. The van der Waals surface area contributed by atoms with E-state index in [0.717, 1.165) is 100 Å². The van der Waals surface area contributed by atoms with Crippen LogP contribution in [0.15, 0.2) is 352 Å². The molecule has 0 aliphatic rings. The summed E-state index contributed by atoms with van der Waals surface area (Å²) in [6.45, 7) is 0. The van der Waals surface area contributed by atoms with Crippen molar-refractivity contribution in [3.63, 3.8) is 0 Å². The van der Waals surface area contributed by atoms with Crippen molar-refractivity contribution in [1.82, 2.24) is 33.2 Å². The molecule has 0 fully saturated rings. The third kappa shape index (κ3) is 9.48. The van der Waals surface area contributed by atoms with E-state index in [0.29, 0.717) is 28.6 Å². The predicted molar refractivity (Wildman–Crippen MR) is 420 cm³/mol. The summed E-state index contributed by atoms with van der Waals surface area (Å²) in [5, 5.41) is 21.0. The SMILES string of the molecule is N#Cc1cc(-c2ccc(-n3c4ccccc4c4cc(-c5ccc(-n6c7ccccc7c7ccccc76)cc5)ccc43)cc2)c(-c2ccc(-n3c4ccccc4c4cc(-c5ccc(-n6c7ccccc7c7ccccc76)cc5)ccc43)cc2)cc1-c1nc(-c2ccccc2)nc(-c2ccccc2)n1. The van der Waals surface area contributed by atoms with Gasteiger partial charge in [0.15, 0.2) is 17.5 Å². The number of hydrogen-bond donors (Lipinski definition) is 0. The van der Waals surface area contributed by atoms with Crippen LogP contribution in [-0.4, -0.2) is 33.2 Å². The van der Waals surface area contributed by atoms with Crippen LogP contribution in [0.1, 0.15) is 5.56 Å². The molecule has 20 aromatic rings. The monoisotopic (exact) mass is 1300 g/mol. The van der Waals surface area contributed by atoms with Crippen molar-refractivity contribution >= 4 is 87.2 Å². The molecule has 5 aromatic heterocycles. The number of para-hydroxylation sites is 6. The van der Waals surface area contributed by atoms with E-state index < -0.39 is 0 Å². The van der Waals surface area contributed by atoms with Gasteiger partial charge in [-0.3, -0.25) is 0 Å². The maximum Gasteiger partial charge on any atom is 0.165 e. The van der Waals surface area contributed by atoms with Crippen molar-refractivity contribution in [2.45, 2.75) is 0 Å². The highest BCUT2D eigenvalue weighted by Gasteiger charge is 2.23. The molecule has 0 saturated carbocycles. The molecule has 5 heterocycles. The Labute approximate surface area is 587 Å². The Morgan fingerprint density at radius 3 is 0.794 bits per heavy atom. The van der Waals surface area contributed by atoms with Crippen molar-refractivity contribution in [2.75, 3.05) is 0 Å². The minimum absolute atomic E-state index is 0.411. The third-order valence-corrected chi connectivity index (χ3v) is 20.5. The van der Waals surface area contributed by atoms with E-state index in [1.807, 2.05) is 66.7 Å². The summed E-state index contributed by atoms with van der Waals surface area (Å²) in [5.41, 5.74) is 24.6. The van der Waals surface area contributed by atoms with Crippen LogP contribution >= 0.6 is 0 Å². The maximum atomic E-state index is 11.3. The van der Waals surface area contributed by atoms with E-state index in [-0.39, 0.29) is 0 Å². The van der Waals surface area contributed by atoms with Gasteiger partial charge < -0.3 is 18.3 Å². The summed E-state index contributed by atoms with van der Waals surface area (Å²) < 4.78 is 9.46. The molecule has 0 saturated heterocycles. The molecule has 0 aliphatic carbocycles. The summed E-state index contributed by atoms with van der Waals surface area (Å²) in [4.78, 5) is 15.4. The van der Waals surface area contributed by atoms with Gasteiger partial charge in [-0.15, -0.1) is 0 Å². The summed E-state index contributed by atoms with van der Waals surface area (Å²) in [7, 11) is 0. The third-order valence-electron chi connectivity index (χ3n) is 20.5. The Morgan fingerprint density at radius 2 is 0.461 bits per heavy atom. The molecule has 0 bridgehead atoms. The first kappa shape index (κ1) is 58.2. The van der Waals surface area contributed by atoms with Gasteiger partial charge >= 0.3 is 0 Å². The average molecular weight is 1300 g/mol. The fourth-order valence-corrected chi connectivity index (χ4v) is 15.7. The molecule has 8 heteroatoms. The zero-order valence-electron chi connectivity index (χ0n) is 55.1. The Morgan fingerprint density at radius 1 is 0.196 bits per heavy atom. The average Bonchev–Trinajstić information content (AvgIpc) is 1.27. The number of aromatic nitrogens is 7. The highest BCUT2D eigenvalue weighted by molar-refractivity contribution is 6.13. The van der Waals surface area contributed by atoms with Gasteiger partial charge in [-0.25, -0.2) is 15.0 Å². The van der Waals surface area contributed by atoms with Gasteiger partial charge in [0.1, 0.15) is 0 Å². The molecule has 0 atom stereocenters. The van der Waals surface area contributed by atoms with E-state index in [1.165, 1.54) is 65.2 Å². The number of nitrogens with zero attached hydrogens (tertiary/aromatic N) is 8. The second-order valence-corrected chi connectivity index (χ2v) is 26.2. The summed E-state index contributed by atoms with van der Waals surface area (Å²) >= 11 is 0. The van der Waals surface area contributed by atoms with Gasteiger partial charge in [-0.2, -0.15) is 5.26 Å². The Bertz CT molecular complexity index is 6610. The van der Waals surface area contributed by atoms with Gasteiger partial charge in [0, 0.05) is 82.5 Å². The summed E-state index contributed by atoms with van der Waals surface area (Å²) in [5.74, 6) is 1.45.